The molecule has 1 heterocycles. The van der Waals surface area contributed by atoms with Gasteiger partial charge in [-0.25, -0.2) is 0 Å². The Morgan fingerprint density at radius 3 is 2.67 bits per heavy atom. The third-order valence-electron chi connectivity index (χ3n) is 5.16. The average molecular weight is 329 g/mol. The van der Waals surface area contributed by atoms with Crippen molar-refractivity contribution >= 4 is 11.3 Å². The molecule has 0 spiro atoms. The first kappa shape index (κ1) is 19.1. The maximum atomic E-state index is 3.65. The van der Waals surface area contributed by atoms with Crippen molar-refractivity contribution in [2.75, 3.05) is 25.0 Å². The van der Waals surface area contributed by atoms with Crippen molar-refractivity contribution in [2.45, 2.75) is 66.3 Å². The summed E-state index contributed by atoms with van der Waals surface area (Å²) in [5.41, 5.74) is 5.61. The quantitative estimate of drug-likeness (QED) is 0.635. The molecule has 0 aliphatic carbocycles. The molecule has 1 aliphatic heterocycles. The van der Waals surface area contributed by atoms with Crippen LogP contribution in [0.25, 0.3) is 5.57 Å². The van der Waals surface area contributed by atoms with Crippen LogP contribution in [0.3, 0.4) is 0 Å². The molecular weight excluding hydrogens is 292 g/mol. The Kier molecular flexibility index (Phi) is 7.36. The van der Waals surface area contributed by atoms with Gasteiger partial charge in [0.25, 0.3) is 0 Å². The Labute approximate surface area is 149 Å². The monoisotopic (exact) mass is 328 g/mol. The predicted octanol–water partition coefficient (Wildman–Crippen LogP) is 5.59. The molecule has 2 nitrogen and oxygen atoms in total. The minimum Gasteiger partial charge on any atom is -0.385 e. The third kappa shape index (κ3) is 5.11. The normalized spacial score (nSPS) is 16.5. The molecule has 0 aromatic heterocycles. The average Bonchev–Trinajstić information content (AvgIpc) is 2.49. The van der Waals surface area contributed by atoms with E-state index < -0.39 is 0 Å². The second-order valence-corrected chi connectivity index (χ2v) is 7.55. The van der Waals surface area contributed by atoms with Crippen molar-refractivity contribution in [1.82, 2.24) is 4.90 Å². The number of benzene rings is 1. The summed E-state index contributed by atoms with van der Waals surface area (Å²) in [7, 11) is 0. The zero-order chi connectivity index (χ0) is 17.5. The Bertz CT molecular complexity index is 539. The van der Waals surface area contributed by atoms with Gasteiger partial charge >= 0.3 is 0 Å². The summed E-state index contributed by atoms with van der Waals surface area (Å²) in [5.74, 6) is 0.879. The van der Waals surface area contributed by atoms with Crippen molar-refractivity contribution in [1.29, 1.82) is 0 Å². The second kappa shape index (κ2) is 9.27. The lowest BCUT2D eigenvalue weighted by atomic mass is 9.94. The fraction of sp³-hybridized carbons (Fsp3) is 0.636. The van der Waals surface area contributed by atoms with Gasteiger partial charge in [-0.2, -0.15) is 0 Å². The summed E-state index contributed by atoms with van der Waals surface area (Å²) in [6, 6.07) is 7.63. The molecule has 24 heavy (non-hydrogen) atoms. The summed E-state index contributed by atoms with van der Waals surface area (Å²) in [6.45, 7) is 14.9. The predicted molar refractivity (Wildman–Crippen MR) is 108 cm³/mol. The molecule has 1 aromatic rings. The minimum atomic E-state index is 0.706. The van der Waals surface area contributed by atoms with E-state index in [0.29, 0.717) is 6.04 Å². The molecule has 134 valence electrons. The SMILES string of the molecule is CC/C=C(/C)c1ccc(NCCC2CN(C(C)C)C2)cc1CCC. The van der Waals surface area contributed by atoms with Crippen LogP contribution in [-0.2, 0) is 6.42 Å². The molecule has 0 amide bonds. The van der Waals surface area contributed by atoms with Crippen LogP contribution in [0.15, 0.2) is 24.3 Å². The number of nitrogens with zero attached hydrogens (tertiary/aromatic N) is 1. The van der Waals surface area contributed by atoms with Gasteiger partial charge in [-0.15, -0.1) is 0 Å². The number of hydrogen-bond acceptors (Lipinski definition) is 2. The molecular formula is C22H36N2. The standard InChI is InChI=1S/C22H36N2/c1-6-8-18(5)22-11-10-21(14-20(22)9-7-2)23-13-12-19-15-24(16-19)17(3)4/h8,10-11,14,17,19,23H,6-7,9,12-13,15-16H2,1-5H3/b18-8-. The Hall–Kier alpha value is -1.28. The van der Waals surface area contributed by atoms with Crippen molar-refractivity contribution < 1.29 is 0 Å². The molecule has 0 atom stereocenters. The van der Waals surface area contributed by atoms with Gasteiger partial charge < -0.3 is 10.2 Å². The van der Waals surface area contributed by atoms with E-state index in [1.165, 1.54) is 48.3 Å². The van der Waals surface area contributed by atoms with E-state index in [-0.39, 0.29) is 0 Å². The van der Waals surface area contributed by atoms with Crippen molar-refractivity contribution in [3.63, 3.8) is 0 Å². The molecule has 1 N–H and O–H groups in total. The van der Waals surface area contributed by atoms with Gasteiger partial charge in [0.15, 0.2) is 0 Å². The van der Waals surface area contributed by atoms with Gasteiger partial charge in [0.2, 0.25) is 0 Å². The van der Waals surface area contributed by atoms with Crippen LogP contribution in [0.4, 0.5) is 5.69 Å². The topological polar surface area (TPSA) is 15.3 Å². The number of nitrogens with one attached hydrogen (secondary N) is 1. The summed E-state index contributed by atoms with van der Waals surface area (Å²) < 4.78 is 0. The van der Waals surface area contributed by atoms with E-state index in [9.17, 15) is 0 Å². The number of likely N-dealkylation sites (tertiary alicyclic amines) is 1. The van der Waals surface area contributed by atoms with Crippen molar-refractivity contribution in [2.24, 2.45) is 5.92 Å². The zero-order valence-corrected chi connectivity index (χ0v) is 16.4. The fourth-order valence-electron chi connectivity index (χ4n) is 3.62. The molecule has 1 aromatic carbocycles. The van der Waals surface area contributed by atoms with Crippen LogP contribution in [0.5, 0.6) is 0 Å². The summed E-state index contributed by atoms with van der Waals surface area (Å²) in [5, 5.41) is 3.65. The number of hydrogen-bond donors (Lipinski definition) is 1. The van der Waals surface area contributed by atoms with E-state index >= 15 is 0 Å². The van der Waals surface area contributed by atoms with Crippen LogP contribution in [0.1, 0.15) is 65.0 Å². The van der Waals surface area contributed by atoms with Crippen molar-refractivity contribution in [3.8, 4) is 0 Å². The van der Waals surface area contributed by atoms with E-state index in [0.717, 1.165) is 25.3 Å². The fourth-order valence-corrected chi connectivity index (χ4v) is 3.62. The largest absolute Gasteiger partial charge is 0.385 e. The summed E-state index contributed by atoms with van der Waals surface area (Å²) in [4.78, 5) is 2.56. The van der Waals surface area contributed by atoms with Gasteiger partial charge in [-0.05, 0) is 74.8 Å². The maximum Gasteiger partial charge on any atom is 0.0343 e. The molecule has 2 heteroatoms. The highest BCUT2D eigenvalue weighted by Crippen LogP contribution is 2.25. The molecule has 0 bridgehead atoms. The van der Waals surface area contributed by atoms with E-state index in [4.69, 9.17) is 0 Å². The lowest BCUT2D eigenvalue weighted by Gasteiger charge is -2.42. The van der Waals surface area contributed by atoms with Crippen LogP contribution in [0, 0.1) is 5.92 Å². The molecule has 1 fully saturated rings. The van der Waals surface area contributed by atoms with Crippen LogP contribution >= 0.6 is 0 Å². The molecule has 1 saturated heterocycles. The zero-order valence-electron chi connectivity index (χ0n) is 16.4. The highest BCUT2D eigenvalue weighted by molar-refractivity contribution is 5.69. The van der Waals surface area contributed by atoms with Gasteiger partial charge in [-0.1, -0.05) is 32.4 Å². The molecule has 0 unspecified atom stereocenters. The van der Waals surface area contributed by atoms with Gasteiger partial charge in [0, 0.05) is 31.4 Å². The van der Waals surface area contributed by atoms with Crippen LogP contribution < -0.4 is 5.32 Å². The smallest absolute Gasteiger partial charge is 0.0343 e. The number of anilines is 1. The van der Waals surface area contributed by atoms with Gasteiger partial charge in [0.1, 0.15) is 0 Å². The Morgan fingerprint density at radius 2 is 2.04 bits per heavy atom. The highest BCUT2D eigenvalue weighted by atomic mass is 15.2. The summed E-state index contributed by atoms with van der Waals surface area (Å²) in [6.07, 6.45) is 7.07. The first-order valence-corrected chi connectivity index (χ1v) is 9.83. The first-order chi connectivity index (χ1) is 11.5. The summed E-state index contributed by atoms with van der Waals surface area (Å²) >= 11 is 0. The Morgan fingerprint density at radius 1 is 1.29 bits per heavy atom. The maximum absolute atomic E-state index is 3.65. The van der Waals surface area contributed by atoms with Gasteiger partial charge in [0.05, 0.1) is 0 Å². The van der Waals surface area contributed by atoms with Crippen LogP contribution in [-0.4, -0.2) is 30.6 Å². The Balaban J connectivity index is 1.89. The lowest BCUT2D eigenvalue weighted by Crippen LogP contribution is -2.50. The second-order valence-electron chi connectivity index (χ2n) is 7.55. The van der Waals surface area contributed by atoms with E-state index in [1.54, 1.807) is 0 Å². The molecule has 0 saturated carbocycles. The van der Waals surface area contributed by atoms with Crippen LogP contribution in [0.2, 0.25) is 0 Å². The van der Waals surface area contributed by atoms with E-state index in [1.807, 2.05) is 0 Å². The molecule has 2 rings (SSSR count). The number of aryl methyl sites for hydroxylation is 1. The molecule has 1 aliphatic rings. The van der Waals surface area contributed by atoms with Gasteiger partial charge in [-0.3, -0.25) is 0 Å². The minimum absolute atomic E-state index is 0.706. The third-order valence-corrected chi connectivity index (χ3v) is 5.16. The van der Waals surface area contributed by atoms with Crippen molar-refractivity contribution in [3.05, 3.63) is 35.4 Å². The lowest BCUT2D eigenvalue weighted by molar-refractivity contribution is 0.0649. The number of allylic oxidation sites excluding steroid dienone is 2. The highest BCUT2D eigenvalue weighted by Gasteiger charge is 2.27. The number of rotatable bonds is 9. The first-order valence-electron chi connectivity index (χ1n) is 9.83. The van der Waals surface area contributed by atoms with E-state index in [2.05, 4.69) is 69.1 Å². The molecule has 0 radical (unpaired) electrons.